The number of aromatic nitrogens is 2. The van der Waals surface area contributed by atoms with Gasteiger partial charge in [0.1, 0.15) is 0 Å². The summed E-state index contributed by atoms with van der Waals surface area (Å²) in [7, 11) is 0. The summed E-state index contributed by atoms with van der Waals surface area (Å²) in [5.41, 5.74) is 7.45. The van der Waals surface area contributed by atoms with Crippen molar-refractivity contribution in [1.82, 2.24) is 9.55 Å². The molecule has 1 fully saturated rings. The minimum Gasteiger partial charge on any atom is -0.376 e. The number of hydrogen-bond donors (Lipinski definition) is 1. The van der Waals surface area contributed by atoms with Gasteiger partial charge in [-0.05, 0) is 33.6 Å². The van der Waals surface area contributed by atoms with Crippen molar-refractivity contribution in [1.29, 1.82) is 0 Å². The van der Waals surface area contributed by atoms with E-state index in [9.17, 15) is 4.79 Å². The second-order valence-corrected chi connectivity index (χ2v) is 6.28. The molecule has 0 radical (unpaired) electrons. The molecule has 19 heavy (non-hydrogen) atoms. The molecule has 1 aliphatic heterocycles. The van der Waals surface area contributed by atoms with E-state index in [-0.39, 0.29) is 17.3 Å². The molecule has 0 unspecified atom stereocenters. The van der Waals surface area contributed by atoms with Gasteiger partial charge in [-0.3, -0.25) is 4.79 Å². The van der Waals surface area contributed by atoms with Crippen molar-refractivity contribution in [2.75, 3.05) is 6.61 Å². The maximum absolute atomic E-state index is 11.2. The van der Waals surface area contributed by atoms with Gasteiger partial charge >= 0.3 is 0 Å². The summed E-state index contributed by atoms with van der Waals surface area (Å²) in [6.45, 7) is 7.50. The molecule has 1 amide bonds. The molecule has 1 aromatic heterocycles. The second-order valence-electron chi connectivity index (χ2n) is 4.97. The SMILES string of the molecule is Cc1nc(S[C@H](C)C(N)=O)n(C[C@H]2CCCO2)c1C. The van der Waals surface area contributed by atoms with E-state index in [1.54, 1.807) is 0 Å². The van der Waals surface area contributed by atoms with E-state index in [4.69, 9.17) is 10.5 Å². The highest BCUT2D eigenvalue weighted by atomic mass is 32.2. The molecular formula is C13H21N3O2S. The van der Waals surface area contributed by atoms with Gasteiger partial charge in [-0.25, -0.2) is 4.98 Å². The van der Waals surface area contributed by atoms with Gasteiger partial charge in [0.15, 0.2) is 5.16 Å². The largest absolute Gasteiger partial charge is 0.376 e. The fourth-order valence-electron chi connectivity index (χ4n) is 2.14. The predicted molar refractivity (Wildman–Crippen MR) is 75.2 cm³/mol. The molecular weight excluding hydrogens is 262 g/mol. The van der Waals surface area contributed by atoms with Crippen LogP contribution in [0.2, 0.25) is 0 Å². The molecule has 0 aromatic carbocycles. The summed E-state index contributed by atoms with van der Waals surface area (Å²) in [6, 6.07) is 0. The summed E-state index contributed by atoms with van der Waals surface area (Å²) in [5, 5.41) is 0.584. The van der Waals surface area contributed by atoms with E-state index in [0.717, 1.165) is 42.5 Å². The van der Waals surface area contributed by atoms with Gasteiger partial charge in [-0.1, -0.05) is 11.8 Å². The van der Waals surface area contributed by atoms with Gasteiger partial charge in [0.2, 0.25) is 5.91 Å². The predicted octanol–water partition coefficient (Wildman–Crippen LogP) is 1.64. The van der Waals surface area contributed by atoms with Gasteiger partial charge in [-0.2, -0.15) is 0 Å². The number of ether oxygens (including phenoxy) is 1. The lowest BCUT2D eigenvalue weighted by Gasteiger charge is -2.15. The summed E-state index contributed by atoms with van der Waals surface area (Å²) >= 11 is 1.42. The Bertz CT molecular complexity index is 467. The van der Waals surface area contributed by atoms with Gasteiger partial charge < -0.3 is 15.0 Å². The quantitative estimate of drug-likeness (QED) is 0.834. The molecule has 1 aromatic rings. The van der Waals surface area contributed by atoms with E-state index in [0.29, 0.717) is 0 Å². The summed E-state index contributed by atoms with van der Waals surface area (Å²) in [6.07, 6.45) is 2.47. The van der Waals surface area contributed by atoms with Crippen molar-refractivity contribution in [3.8, 4) is 0 Å². The molecule has 0 bridgehead atoms. The third-order valence-electron chi connectivity index (χ3n) is 3.52. The number of hydrogen-bond acceptors (Lipinski definition) is 4. The van der Waals surface area contributed by atoms with Crippen molar-refractivity contribution in [2.45, 2.75) is 56.7 Å². The zero-order valence-corrected chi connectivity index (χ0v) is 12.5. The lowest BCUT2D eigenvalue weighted by molar-refractivity contribution is -0.117. The van der Waals surface area contributed by atoms with Crippen LogP contribution in [0.15, 0.2) is 5.16 Å². The first-order valence-electron chi connectivity index (χ1n) is 6.60. The van der Waals surface area contributed by atoms with Crippen molar-refractivity contribution in [2.24, 2.45) is 5.73 Å². The Hall–Kier alpha value is -1.01. The standard InChI is InChI=1S/C13H21N3O2S/c1-8-9(2)16(7-11-5-4-6-18-11)13(15-8)19-10(3)12(14)17/h10-11H,4-7H2,1-3H3,(H2,14,17)/t10-,11-/m1/s1. The molecule has 1 aliphatic rings. The van der Waals surface area contributed by atoms with Crippen molar-refractivity contribution in [3.05, 3.63) is 11.4 Å². The molecule has 2 atom stereocenters. The van der Waals surface area contributed by atoms with Gasteiger partial charge in [0.05, 0.1) is 23.6 Å². The smallest absolute Gasteiger partial charge is 0.230 e. The first-order valence-corrected chi connectivity index (χ1v) is 7.48. The number of nitrogens with two attached hydrogens (primary N) is 1. The monoisotopic (exact) mass is 283 g/mol. The van der Waals surface area contributed by atoms with Gasteiger partial charge in [0, 0.05) is 12.3 Å². The number of rotatable bonds is 5. The van der Waals surface area contributed by atoms with Crippen LogP contribution in [0.1, 0.15) is 31.2 Å². The zero-order valence-electron chi connectivity index (χ0n) is 11.7. The Kier molecular flexibility index (Phi) is 4.52. The molecule has 0 saturated carbocycles. The number of thioether (sulfide) groups is 1. The molecule has 2 rings (SSSR count). The summed E-state index contributed by atoms with van der Waals surface area (Å²) < 4.78 is 7.83. The van der Waals surface area contributed by atoms with E-state index >= 15 is 0 Å². The fourth-order valence-corrected chi connectivity index (χ4v) is 3.10. The number of primary amides is 1. The number of carbonyl (C=O) groups is 1. The Morgan fingerprint density at radius 2 is 2.37 bits per heavy atom. The maximum Gasteiger partial charge on any atom is 0.230 e. The topological polar surface area (TPSA) is 70.1 Å². The molecule has 2 heterocycles. The number of amides is 1. The maximum atomic E-state index is 11.2. The number of carbonyl (C=O) groups excluding carboxylic acids is 1. The normalized spacial score (nSPS) is 20.7. The Balaban J connectivity index is 2.17. The van der Waals surface area contributed by atoms with E-state index < -0.39 is 0 Å². The fraction of sp³-hybridized carbons (Fsp3) is 0.692. The highest BCUT2D eigenvalue weighted by Gasteiger charge is 2.22. The van der Waals surface area contributed by atoms with Crippen molar-refractivity contribution >= 4 is 17.7 Å². The minimum absolute atomic E-state index is 0.260. The highest BCUT2D eigenvalue weighted by Crippen LogP contribution is 2.26. The summed E-state index contributed by atoms with van der Waals surface area (Å²) in [4.78, 5) is 15.7. The van der Waals surface area contributed by atoms with E-state index in [1.165, 1.54) is 11.8 Å². The van der Waals surface area contributed by atoms with E-state index in [2.05, 4.69) is 16.5 Å². The first kappa shape index (κ1) is 14.4. The molecule has 6 heteroatoms. The lowest BCUT2D eigenvalue weighted by Crippen LogP contribution is -2.24. The molecule has 2 N–H and O–H groups in total. The number of nitrogens with zero attached hydrogens (tertiary/aromatic N) is 2. The number of imidazole rings is 1. The molecule has 0 aliphatic carbocycles. The zero-order chi connectivity index (χ0) is 14.0. The Morgan fingerprint density at radius 1 is 1.63 bits per heavy atom. The van der Waals surface area contributed by atoms with Crippen LogP contribution >= 0.6 is 11.8 Å². The minimum atomic E-state index is -0.313. The average Bonchev–Trinajstić information content (AvgIpc) is 2.94. The van der Waals surface area contributed by atoms with Gasteiger partial charge in [0.25, 0.3) is 0 Å². The van der Waals surface area contributed by atoms with Crippen LogP contribution < -0.4 is 5.73 Å². The number of aryl methyl sites for hydroxylation is 1. The first-order chi connectivity index (χ1) is 8.99. The molecule has 5 nitrogen and oxygen atoms in total. The average molecular weight is 283 g/mol. The third-order valence-corrected chi connectivity index (χ3v) is 4.62. The lowest BCUT2D eigenvalue weighted by atomic mass is 10.2. The van der Waals surface area contributed by atoms with Crippen LogP contribution in [0, 0.1) is 13.8 Å². The second kappa shape index (κ2) is 5.96. The Morgan fingerprint density at radius 3 is 2.95 bits per heavy atom. The molecule has 0 spiro atoms. The Labute approximate surface area is 117 Å². The van der Waals surface area contributed by atoms with E-state index in [1.807, 2.05) is 13.8 Å². The van der Waals surface area contributed by atoms with Crippen LogP contribution in [-0.4, -0.2) is 33.4 Å². The van der Waals surface area contributed by atoms with Crippen molar-refractivity contribution < 1.29 is 9.53 Å². The molecule has 1 saturated heterocycles. The van der Waals surface area contributed by atoms with Crippen LogP contribution in [0.25, 0.3) is 0 Å². The van der Waals surface area contributed by atoms with Crippen LogP contribution in [0.5, 0.6) is 0 Å². The van der Waals surface area contributed by atoms with Gasteiger partial charge in [-0.15, -0.1) is 0 Å². The van der Waals surface area contributed by atoms with Crippen LogP contribution in [-0.2, 0) is 16.1 Å². The van der Waals surface area contributed by atoms with Crippen LogP contribution in [0.3, 0.4) is 0 Å². The molecule has 106 valence electrons. The summed E-state index contributed by atoms with van der Waals surface area (Å²) in [5.74, 6) is -0.313. The third kappa shape index (κ3) is 3.30. The van der Waals surface area contributed by atoms with Crippen molar-refractivity contribution in [3.63, 3.8) is 0 Å². The van der Waals surface area contributed by atoms with Crippen LogP contribution in [0.4, 0.5) is 0 Å². The highest BCUT2D eigenvalue weighted by molar-refractivity contribution is 8.00.